The first-order valence-corrected chi connectivity index (χ1v) is 13.9. The van der Waals surface area contributed by atoms with Crippen LogP contribution in [0.5, 0.6) is 0 Å². The Morgan fingerprint density at radius 2 is 1.87 bits per heavy atom. The Hall–Kier alpha value is -3.03. The quantitative estimate of drug-likeness (QED) is 0.239. The third kappa shape index (κ3) is 3.00. The summed E-state index contributed by atoms with van der Waals surface area (Å²) in [4.78, 5) is 53.0. The van der Waals surface area contributed by atoms with Gasteiger partial charge in [-0.3, -0.25) is 24.5 Å². The molecule has 1 N–H and O–H groups in total. The summed E-state index contributed by atoms with van der Waals surface area (Å²) in [7, 11) is 0. The number of imide groups is 1. The molecule has 1 aromatic rings. The van der Waals surface area contributed by atoms with Gasteiger partial charge in [-0.2, -0.15) is 0 Å². The van der Waals surface area contributed by atoms with Gasteiger partial charge in [0.15, 0.2) is 0 Å². The van der Waals surface area contributed by atoms with E-state index in [1.807, 2.05) is 6.92 Å². The second-order valence-electron chi connectivity index (χ2n) is 13.3. The summed E-state index contributed by atoms with van der Waals surface area (Å²) >= 11 is 0. The van der Waals surface area contributed by atoms with Crippen molar-refractivity contribution in [1.82, 2.24) is 0 Å². The minimum absolute atomic E-state index is 0.0191. The summed E-state index contributed by atoms with van der Waals surface area (Å²) in [5.41, 5.74) is -0.195. The molecule has 2 amide bonds. The summed E-state index contributed by atoms with van der Waals surface area (Å²) in [5.74, 6) is -1.95. The number of anilines is 1. The molecule has 5 aliphatic carbocycles. The van der Waals surface area contributed by atoms with E-state index in [0.29, 0.717) is 19.3 Å². The van der Waals surface area contributed by atoms with Crippen LogP contribution in [0.15, 0.2) is 35.9 Å². The number of rotatable bonds is 4. The molecule has 1 aliphatic heterocycles. The first kappa shape index (κ1) is 25.3. The second-order valence-corrected chi connectivity index (χ2v) is 13.3. The minimum Gasteiger partial charge on any atom is -0.481 e. The smallest absolute Gasteiger partial charge is 0.309 e. The second kappa shape index (κ2) is 7.99. The molecule has 6 aliphatic rings. The summed E-state index contributed by atoms with van der Waals surface area (Å²) in [6, 6.07) is 5.80. The van der Waals surface area contributed by atoms with Crippen LogP contribution in [0.4, 0.5) is 11.4 Å². The Morgan fingerprint density at radius 3 is 2.53 bits per heavy atom. The third-order valence-electron chi connectivity index (χ3n) is 11.5. The zero-order chi connectivity index (χ0) is 27.4. The minimum atomic E-state index is -0.792. The number of fused-ring (bicyclic) bond motifs is 1. The highest BCUT2D eigenvalue weighted by Crippen LogP contribution is 2.74. The van der Waals surface area contributed by atoms with Crippen molar-refractivity contribution in [1.29, 1.82) is 0 Å². The first-order valence-electron chi connectivity index (χ1n) is 13.9. The maximum Gasteiger partial charge on any atom is 0.309 e. The zero-order valence-corrected chi connectivity index (χ0v) is 22.5. The zero-order valence-electron chi connectivity index (χ0n) is 22.5. The van der Waals surface area contributed by atoms with Crippen LogP contribution in [-0.2, 0) is 14.4 Å². The maximum atomic E-state index is 14.3. The summed E-state index contributed by atoms with van der Waals surface area (Å²) < 4.78 is 0. The Kier molecular flexibility index (Phi) is 5.31. The third-order valence-corrected chi connectivity index (χ3v) is 11.5. The average Bonchev–Trinajstić information content (AvgIpc) is 3.15. The molecule has 8 nitrogen and oxygen atoms in total. The number of carbonyl (C=O) groups is 3. The highest BCUT2D eigenvalue weighted by atomic mass is 16.6. The van der Waals surface area contributed by atoms with Gasteiger partial charge in [0.2, 0.25) is 11.8 Å². The summed E-state index contributed by atoms with van der Waals surface area (Å²) in [6.45, 7) is 8.44. The Balaban J connectivity index is 1.48. The largest absolute Gasteiger partial charge is 0.481 e. The number of nitro groups is 1. The van der Waals surface area contributed by atoms with E-state index in [1.165, 1.54) is 28.7 Å². The molecule has 7 rings (SSSR count). The van der Waals surface area contributed by atoms with Crippen LogP contribution in [0.1, 0.15) is 66.2 Å². The topological polar surface area (TPSA) is 118 Å². The van der Waals surface area contributed by atoms with Crippen LogP contribution < -0.4 is 4.90 Å². The lowest BCUT2D eigenvalue weighted by molar-refractivity contribution is -0.384. The van der Waals surface area contributed by atoms with Gasteiger partial charge >= 0.3 is 5.97 Å². The molecular weight excluding hydrogens is 484 g/mol. The SMILES string of the molecule is CC(C)C1=C[C@@]23CC[C@@H]4[C@@](C)(CCC[C@]4(C)C(=O)O)[C@@H]2C[C@@H]1[C@@H]1C(=O)N(c2cccc([N+](=O)[O-])c2)C(=O)[C@@H]13. The van der Waals surface area contributed by atoms with E-state index in [4.69, 9.17) is 0 Å². The average molecular weight is 521 g/mol. The highest BCUT2D eigenvalue weighted by molar-refractivity contribution is 6.23. The van der Waals surface area contributed by atoms with Crippen LogP contribution >= 0.6 is 0 Å². The van der Waals surface area contributed by atoms with Gasteiger partial charge in [0.25, 0.3) is 5.69 Å². The number of nitro benzene ring substituents is 1. The van der Waals surface area contributed by atoms with Gasteiger partial charge in [-0.1, -0.05) is 44.9 Å². The van der Waals surface area contributed by atoms with Crippen molar-refractivity contribution in [3.8, 4) is 0 Å². The Morgan fingerprint density at radius 1 is 1.13 bits per heavy atom. The van der Waals surface area contributed by atoms with Crippen molar-refractivity contribution >= 4 is 29.2 Å². The van der Waals surface area contributed by atoms with E-state index in [2.05, 4.69) is 26.8 Å². The number of carboxylic acids is 1. The fraction of sp³-hybridized carbons (Fsp3) is 0.633. The van der Waals surface area contributed by atoms with Crippen LogP contribution in [0.25, 0.3) is 0 Å². The monoisotopic (exact) mass is 520 g/mol. The van der Waals surface area contributed by atoms with Crippen LogP contribution in [0.2, 0.25) is 0 Å². The number of carboxylic acid groups (broad SMARTS) is 1. The predicted molar refractivity (Wildman–Crippen MR) is 140 cm³/mol. The van der Waals surface area contributed by atoms with Crippen molar-refractivity contribution in [3.63, 3.8) is 0 Å². The number of hydrogen-bond donors (Lipinski definition) is 1. The number of benzene rings is 1. The van der Waals surface area contributed by atoms with Gasteiger partial charge in [0, 0.05) is 17.5 Å². The number of non-ortho nitro benzene ring substituents is 1. The molecule has 8 heteroatoms. The normalized spacial score (nSPS) is 41.4. The number of allylic oxidation sites excluding steroid dienone is 2. The van der Waals surface area contributed by atoms with Crippen molar-refractivity contribution in [2.45, 2.75) is 66.2 Å². The molecule has 1 heterocycles. The van der Waals surface area contributed by atoms with Crippen LogP contribution in [0.3, 0.4) is 0 Å². The molecular formula is C30H36N2O6. The van der Waals surface area contributed by atoms with E-state index in [9.17, 15) is 29.6 Å². The predicted octanol–water partition coefficient (Wildman–Crippen LogP) is 5.61. The van der Waals surface area contributed by atoms with E-state index < -0.39 is 33.6 Å². The Bertz CT molecular complexity index is 1300. The molecule has 8 atom stereocenters. The lowest BCUT2D eigenvalue weighted by atomic mass is 9.34. The molecule has 1 aromatic carbocycles. The van der Waals surface area contributed by atoms with Gasteiger partial charge in [-0.15, -0.1) is 0 Å². The molecule has 38 heavy (non-hydrogen) atoms. The lowest BCUT2D eigenvalue weighted by Gasteiger charge is -2.68. The fourth-order valence-corrected chi connectivity index (χ4v) is 9.96. The maximum absolute atomic E-state index is 14.3. The van der Waals surface area contributed by atoms with Crippen molar-refractivity contribution in [2.75, 3.05) is 4.90 Å². The molecule has 0 aromatic heterocycles. The molecule has 1 spiro atoms. The van der Waals surface area contributed by atoms with E-state index in [0.717, 1.165) is 19.3 Å². The lowest BCUT2D eigenvalue weighted by Crippen LogP contribution is -2.65. The van der Waals surface area contributed by atoms with Gasteiger partial charge in [-0.05, 0) is 74.2 Å². The number of amides is 2. The molecule has 202 valence electrons. The number of hydrogen-bond acceptors (Lipinski definition) is 5. The summed E-state index contributed by atoms with van der Waals surface area (Å²) in [6.07, 6.45) is 6.97. The van der Waals surface area contributed by atoms with Gasteiger partial charge in [-0.25, -0.2) is 4.90 Å². The Labute approximate surface area is 222 Å². The molecule has 0 radical (unpaired) electrons. The molecule has 2 bridgehead atoms. The van der Waals surface area contributed by atoms with E-state index >= 15 is 0 Å². The van der Waals surface area contributed by atoms with E-state index in [1.54, 1.807) is 6.07 Å². The van der Waals surface area contributed by atoms with Gasteiger partial charge in [0.1, 0.15) is 0 Å². The fourth-order valence-electron chi connectivity index (χ4n) is 9.96. The summed E-state index contributed by atoms with van der Waals surface area (Å²) in [5, 5.41) is 21.7. The standard InChI is InChI=1S/C30H36N2O6/c1-16(2)20-15-30-12-9-21-28(3,10-6-11-29(21,4)27(35)36)22(30)14-19(20)23-24(30)26(34)31(25(23)33)17-7-5-8-18(13-17)32(37)38/h5,7-8,13,15-16,19,21-24H,6,9-12,14H2,1-4H3,(H,35,36)/t19-,21+,22-,23-,24+,28+,29-,30-/m0/s1. The van der Waals surface area contributed by atoms with Crippen molar-refractivity contribution in [2.24, 2.45) is 51.8 Å². The van der Waals surface area contributed by atoms with E-state index in [-0.39, 0.29) is 52.3 Å². The highest BCUT2D eigenvalue weighted by Gasteiger charge is 2.73. The van der Waals surface area contributed by atoms with Crippen molar-refractivity contribution in [3.05, 3.63) is 46.0 Å². The van der Waals surface area contributed by atoms with Crippen LogP contribution in [0, 0.1) is 61.9 Å². The number of nitrogens with zero attached hydrogens (tertiary/aromatic N) is 2. The molecule has 4 fully saturated rings. The first-order chi connectivity index (χ1) is 17.9. The van der Waals surface area contributed by atoms with Crippen LogP contribution in [-0.4, -0.2) is 27.8 Å². The molecule has 1 saturated heterocycles. The number of aliphatic carboxylic acids is 1. The molecule has 3 saturated carbocycles. The van der Waals surface area contributed by atoms with Gasteiger partial charge < -0.3 is 5.11 Å². The van der Waals surface area contributed by atoms with Gasteiger partial charge in [0.05, 0.1) is 27.9 Å². The van der Waals surface area contributed by atoms with Crippen molar-refractivity contribution < 1.29 is 24.4 Å². The molecule has 0 unspecified atom stereocenters. The number of carbonyl (C=O) groups excluding carboxylic acids is 2.